The molecule has 0 bridgehead atoms. The number of rotatable bonds is 4. The summed E-state index contributed by atoms with van der Waals surface area (Å²) in [7, 11) is 0. The van der Waals surface area contributed by atoms with Gasteiger partial charge in [0.2, 0.25) is 0 Å². The number of hydrogen-bond donors (Lipinski definition) is 1. The average Bonchev–Trinajstić information content (AvgIpc) is 3.24. The number of urea groups is 1. The van der Waals surface area contributed by atoms with Crippen LogP contribution in [0.25, 0.3) is 0 Å². The standard InChI is InChI=1S/C19H29N3O3/c1-15-4-5-17(25-15)11-21-13-19(14-21)7-6-16(12-24-19)10-20-18(23)22-8-2-3-9-22/h4-5,16H,2-3,6-14H2,1H3,(H,20,23). The second-order valence-electron chi connectivity index (χ2n) is 7.94. The molecule has 1 unspecified atom stereocenters. The highest BCUT2D eigenvalue weighted by Crippen LogP contribution is 2.36. The first-order valence-corrected chi connectivity index (χ1v) is 9.56. The number of carbonyl (C=O) groups is 1. The van der Waals surface area contributed by atoms with Crippen molar-refractivity contribution in [3.05, 3.63) is 23.7 Å². The molecule has 0 radical (unpaired) electrons. The van der Waals surface area contributed by atoms with Crippen LogP contribution >= 0.6 is 0 Å². The third-order valence-electron chi connectivity index (χ3n) is 5.77. The molecule has 3 aliphatic heterocycles. The van der Waals surface area contributed by atoms with Crippen molar-refractivity contribution in [1.29, 1.82) is 0 Å². The molecule has 3 aliphatic rings. The van der Waals surface area contributed by atoms with Crippen LogP contribution in [0.15, 0.2) is 16.5 Å². The summed E-state index contributed by atoms with van der Waals surface area (Å²) in [6, 6.07) is 4.17. The number of aryl methyl sites for hydroxylation is 1. The number of nitrogens with zero attached hydrogens (tertiary/aromatic N) is 2. The summed E-state index contributed by atoms with van der Waals surface area (Å²) >= 11 is 0. The first-order chi connectivity index (χ1) is 12.1. The molecule has 25 heavy (non-hydrogen) atoms. The van der Waals surface area contributed by atoms with Crippen LogP contribution in [0.4, 0.5) is 4.79 Å². The van der Waals surface area contributed by atoms with Gasteiger partial charge >= 0.3 is 6.03 Å². The Hall–Kier alpha value is -1.53. The molecule has 2 amide bonds. The van der Waals surface area contributed by atoms with Gasteiger partial charge in [-0.1, -0.05) is 0 Å². The second kappa shape index (κ2) is 7.00. The third-order valence-corrected chi connectivity index (χ3v) is 5.77. The second-order valence-corrected chi connectivity index (χ2v) is 7.94. The molecule has 0 aromatic carbocycles. The van der Waals surface area contributed by atoms with Crippen molar-refractivity contribution in [3.8, 4) is 0 Å². The minimum atomic E-state index is 0.0388. The Bertz CT molecular complexity index is 593. The zero-order valence-electron chi connectivity index (χ0n) is 15.1. The predicted molar refractivity (Wildman–Crippen MR) is 94.3 cm³/mol. The van der Waals surface area contributed by atoms with Crippen molar-refractivity contribution in [2.75, 3.05) is 39.3 Å². The van der Waals surface area contributed by atoms with E-state index in [0.29, 0.717) is 5.92 Å². The minimum Gasteiger partial charge on any atom is -0.465 e. The lowest BCUT2D eigenvalue weighted by atomic mass is 9.83. The summed E-state index contributed by atoms with van der Waals surface area (Å²) in [6.45, 7) is 8.12. The molecule has 1 N–H and O–H groups in total. The van der Waals surface area contributed by atoms with Gasteiger partial charge in [-0.15, -0.1) is 0 Å². The van der Waals surface area contributed by atoms with Crippen molar-refractivity contribution >= 4 is 6.03 Å². The fraction of sp³-hybridized carbons (Fsp3) is 0.737. The van der Waals surface area contributed by atoms with E-state index in [9.17, 15) is 4.79 Å². The van der Waals surface area contributed by atoms with Gasteiger partial charge in [0.05, 0.1) is 18.8 Å². The van der Waals surface area contributed by atoms with E-state index >= 15 is 0 Å². The molecule has 138 valence electrons. The monoisotopic (exact) mass is 347 g/mol. The Balaban J connectivity index is 1.16. The average molecular weight is 347 g/mol. The maximum Gasteiger partial charge on any atom is 0.317 e. The van der Waals surface area contributed by atoms with Crippen LogP contribution in [0.5, 0.6) is 0 Å². The summed E-state index contributed by atoms with van der Waals surface area (Å²) in [6.07, 6.45) is 4.49. The summed E-state index contributed by atoms with van der Waals surface area (Å²) in [5, 5.41) is 3.09. The Morgan fingerprint density at radius 2 is 2.12 bits per heavy atom. The Morgan fingerprint density at radius 1 is 1.32 bits per heavy atom. The van der Waals surface area contributed by atoms with E-state index in [2.05, 4.69) is 16.3 Å². The Labute approximate surface area is 149 Å². The summed E-state index contributed by atoms with van der Waals surface area (Å²) in [5.74, 6) is 2.45. The van der Waals surface area contributed by atoms with Crippen LogP contribution in [0.3, 0.4) is 0 Å². The smallest absolute Gasteiger partial charge is 0.317 e. The number of hydrogen-bond acceptors (Lipinski definition) is 4. The fourth-order valence-electron chi connectivity index (χ4n) is 4.26. The lowest BCUT2D eigenvalue weighted by molar-refractivity contribution is -0.182. The van der Waals surface area contributed by atoms with Crippen LogP contribution in [0, 0.1) is 12.8 Å². The van der Waals surface area contributed by atoms with Crippen molar-refractivity contribution < 1.29 is 13.9 Å². The van der Waals surface area contributed by atoms with Gasteiger partial charge in [0.15, 0.2) is 0 Å². The van der Waals surface area contributed by atoms with Gasteiger partial charge in [0.25, 0.3) is 0 Å². The Morgan fingerprint density at radius 3 is 2.76 bits per heavy atom. The molecule has 6 nitrogen and oxygen atoms in total. The van der Waals surface area contributed by atoms with Crippen molar-refractivity contribution in [1.82, 2.24) is 15.1 Å². The number of nitrogens with one attached hydrogen (secondary N) is 1. The molecular formula is C19H29N3O3. The van der Waals surface area contributed by atoms with Crippen LogP contribution < -0.4 is 5.32 Å². The van der Waals surface area contributed by atoms with Crippen molar-refractivity contribution in [2.45, 2.75) is 44.8 Å². The maximum absolute atomic E-state index is 12.1. The zero-order valence-corrected chi connectivity index (χ0v) is 15.1. The molecule has 0 aliphatic carbocycles. The molecule has 3 saturated heterocycles. The highest BCUT2D eigenvalue weighted by atomic mass is 16.5. The Kier molecular flexibility index (Phi) is 4.73. The summed E-state index contributed by atoms with van der Waals surface area (Å²) in [5.41, 5.74) is 0.0388. The van der Waals surface area contributed by atoms with Gasteiger partial charge in [-0.2, -0.15) is 0 Å². The van der Waals surface area contributed by atoms with Gasteiger partial charge in [-0.05, 0) is 50.7 Å². The summed E-state index contributed by atoms with van der Waals surface area (Å²) < 4.78 is 11.9. The molecule has 4 rings (SSSR count). The largest absolute Gasteiger partial charge is 0.465 e. The van der Waals surface area contributed by atoms with E-state index in [-0.39, 0.29) is 11.6 Å². The van der Waals surface area contributed by atoms with E-state index in [1.165, 1.54) is 0 Å². The fourth-order valence-corrected chi connectivity index (χ4v) is 4.26. The highest BCUT2D eigenvalue weighted by Gasteiger charge is 2.46. The van der Waals surface area contributed by atoms with Gasteiger partial charge in [0.1, 0.15) is 11.5 Å². The SMILES string of the molecule is Cc1ccc(CN2CC3(CCC(CNC(=O)N4CCCC4)CO3)C2)o1. The molecule has 1 aromatic heterocycles. The van der Waals surface area contributed by atoms with E-state index in [4.69, 9.17) is 9.15 Å². The molecule has 1 aromatic rings. The molecule has 1 atom stereocenters. The predicted octanol–water partition coefficient (Wildman–Crippen LogP) is 2.37. The van der Waals surface area contributed by atoms with Gasteiger partial charge < -0.3 is 19.4 Å². The normalized spacial score (nSPS) is 26.0. The molecule has 4 heterocycles. The quantitative estimate of drug-likeness (QED) is 0.908. The van der Waals surface area contributed by atoms with E-state index in [0.717, 1.165) is 83.1 Å². The third kappa shape index (κ3) is 3.85. The lowest BCUT2D eigenvalue weighted by Crippen LogP contribution is -2.64. The van der Waals surface area contributed by atoms with E-state index < -0.39 is 0 Å². The van der Waals surface area contributed by atoms with Crippen LogP contribution in [0.2, 0.25) is 0 Å². The minimum absolute atomic E-state index is 0.0388. The maximum atomic E-state index is 12.1. The van der Waals surface area contributed by atoms with Crippen LogP contribution in [0.1, 0.15) is 37.2 Å². The van der Waals surface area contributed by atoms with Crippen LogP contribution in [-0.2, 0) is 11.3 Å². The number of ether oxygens (including phenoxy) is 1. The van der Waals surface area contributed by atoms with Crippen molar-refractivity contribution in [3.63, 3.8) is 0 Å². The molecule has 0 saturated carbocycles. The molecule has 3 fully saturated rings. The van der Waals surface area contributed by atoms with E-state index in [1.54, 1.807) is 0 Å². The number of carbonyl (C=O) groups excluding carboxylic acids is 1. The zero-order chi connectivity index (χ0) is 17.3. The van der Waals surface area contributed by atoms with E-state index in [1.807, 2.05) is 17.9 Å². The number of furan rings is 1. The number of likely N-dealkylation sites (tertiary alicyclic amines) is 2. The molecule has 6 heteroatoms. The van der Waals surface area contributed by atoms with Crippen molar-refractivity contribution in [2.24, 2.45) is 5.92 Å². The van der Waals surface area contributed by atoms with Gasteiger partial charge in [-0.3, -0.25) is 4.90 Å². The lowest BCUT2D eigenvalue weighted by Gasteiger charge is -2.52. The summed E-state index contributed by atoms with van der Waals surface area (Å²) in [4.78, 5) is 16.4. The molecule has 1 spiro atoms. The number of amides is 2. The first kappa shape index (κ1) is 16.9. The highest BCUT2D eigenvalue weighted by molar-refractivity contribution is 5.74. The molecular weight excluding hydrogens is 318 g/mol. The van der Waals surface area contributed by atoms with Gasteiger partial charge in [0, 0.05) is 32.7 Å². The first-order valence-electron chi connectivity index (χ1n) is 9.56. The topological polar surface area (TPSA) is 58.0 Å². The van der Waals surface area contributed by atoms with Gasteiger partial charge in [-0.25, -0.2) is 4.79 Å². The van der Waals surface area contributed by atoms with Crippen LogP contribution in [-0.4, -0.2) is 60.8 Å².